The van der Waals surface area contributed by atoms with Crippen molar-refractivity contribution in [3.05, 3.63) is 100 Å². The average Bonchev–Trinajstić information content (AvgIpc) is 3.15. The van der Waals surface area contributed by atoms with Crippen LogP contribution in [-0.4, -0.2) is 29.4 Å². The Hall–Kier alpha value is -4.35. The number of halogens is 1. The van der Waals surface area contributed by atoms with Gasteiger partial charge in [0.25, 0.3) is 0 Å². The molecular formula is C23H14ClN7O. The Bertz CT molecular complexity index is 1520. The maximum Gasteiger partial charge on any atom is 0.367 e. The number of benzene rings is 1. The highest BCUT2D eigenvalue weighted by Gasteiger charge is 2.19. The summed E-state index contributed by atoms with van der Waals surface area (Å²) in [5.74, 6) is 0. The molecule has 9 heteroatoms. The molecule has 0 fully saturated rings. The highest BCUT2D eigenvalue weighted by atomic mass is 35.5. The molecule has 0 aliphatic rings. The molecule has 5 aromatic rings. The van der Waals surface area contributed by atoms with E-state index in [1.165, 1.54) is 15.4 Å². The van der Waals surface area contributed by atoms with Crippen LogP contribution in [0.4, 0.5) is 0 Å². The molecular weight excluding hydrogens is 426 g/mol. The van der Waals surface area contributed by atoms with E-state index in [0.717, 1.165) is 22.3 Å². The van der Waals surface area contributed by atoms with Crippen LogP contribution in [0.2, 0.25) is 5.02 Å². The first-order valence-corrected chi connectivity index (χ1v) is 10.0. The Labute approximate surface area is 187 Å². The number of rotatable bonds is 4. The fourth-order valence-electron chi connectivity index (χ4n) is 3.45. The maximum atomic E-state index is 13.0. The smallest absolute Gasteiger partial charge is 0.265 e. The minimum absolute atomic E-state index is 0.153. The van der Waals surface area contributed by atoms with E-state index in [9.17, 15) is 4.79 Å². The lowest BCUT2D eigenvalue weighted by molar-refractivity contribution is 0.639. The zero-order valence-corrected chi connectivity index (χ0v) is 17.3. The van der Waals surface area contributed by atoms with Crippen molar-refractivity contribution in [2.45, 2.75) is 6.54 Å². The van der Waals surface area contributed by atoms with Gasteiger partial charge in [-0.1, -0.05) is 23.7 Å². The molecule has 154 valence electrons. The monoisotopic (exact) mass is 439 g/mol. The number of nitrogens with zero attached hydrogens (tertiary/aromatic N) is 7. The molecule has 0 bridgehead atoms. The molecule has 5 rings (SSSR count). The van der Waals surface area contributed by atoms with E-state index in [1.54, 1.807) is 42.9 Å². The Balaban J connectivity index is 1.70. The van der Waals surface area contributed by atoms with Crippen LogP contribution in [0.1, 0.15) is 11.3 Å². The van der Waals surface area contributed by atoms with Crippen LogP contribution >= 0.6 is 11.6 Å². The number of aromatic nitrogens is 6. The second-order valence-electron chi connectivity index (χ2n) is 7.00. The molecule has 0 unspecified atom stereocenters. The first kappa shape index (κ1) is 19.6. The van der Waals surface area contributed by atoms with Gasteiger partial charge in [0.1, 0.15) is 6.07 Å². The fourth-order valence-corrected chi connectivity index (χ4v) is 3.58. The molecule has 32 heavy (non-hydrogen) atoms. The molecule has 0 atom stereocenters. The van der Waals surface area contributed by atoms with Crippen molar-refractivity contribution in [3.63, 3.8) is 0 Å². The Morgan fingerprint density at radius 1 is 0.969 bits per heavy atom. The van der Waals surface area contributed by atoms with E-state index in [0.29, 0.717) is 21.9 Å². The summed E-state index contributed by atoms with van der Waals surface area (Å²) in [6.45, 7) is 0.153. The number of pyridine rings is 2. The molecule has 0 saturated heterocycles. The van der Waals surface area contributed by atoms with Crippen molar-refractivity contribution in [3.8, 4) is 28.3 Å². The Morgan fingerprint density at radius 2 is 1.75 bits per heavy atom. The van der Waals surface area contributed by atoms with E-state index in [-0.39, 0.29) is 12.2 Å². The highest BCUT2D eigenvalue weighted by molar-refractivity contribution is 6.30. The molecule has 0 aliphatic heterocycles. The fraction of sp³-hybridized carbons (Fsp3) is 0.0435. The van der Waals surface area contributed by atoms with Crippen molar-refractivity contribution < 1.29 is 0 Å². The second kappa shape index (κ2) is 8.06. The van der Waals surface area contributed by atoms with Crippen molar-refractivity contribution >= 4 is 17.2 Å². The zero-order valence-electron chi connectivity index (χ0n) is 16.6. The van der Waals surface area contributed by atoms with Crippen LogP contribution in [0, 0.1) is 11.3 Å². The molecule has 4 aromatic heterocycles. The van der Waals surface area contributed by atoms with Crippen LogP contribution < -0.4 is 5.69 Å². The van der Waals surface area contributed by atoms with Crippen LogP contribution in [-0.2, 0) is 6.54 Å². The van der Waals surface area contributed by atoms with Crippen molar-refractivity contribution in [2.24, 2.45) is 0 Å². The molecule has 0 spiro atoms. The Morgan fingerprint density at radius 3 is 2.44 bits per heavy atom. The van der Waals surface area contributed by atoms with Gasteiger partial charge in [-0.25, -0.2) is 9.48 Å². The summed E-state index contributed by atoms with van der Waals surface area (Å²) in [6.07, 6.45) is 6.50. The maximum absolute atomic E-state index is 13.0. The first-order valence-electron chi connectivity index (χ1n) is 9.64. The van der Waals surface area contributed by atoms with Crippen molar-refractivity contribution in [1.82, 2.24) is 29.4 Å². The largest absolute Gasteiger partial charge is 0.367 e. The van der Waals surface area contributed by atoms with Gasteiger partial charge in [-0.2, -0.15) is 14.9 Å². The predicted octanol–water partition coefficient (Wildman–Crippen LogP) is 3.59. The number of hydrogen-bond acceptors (Lipinski definition) is 6. The van der Waals surface area contributed by atoms with Crippen molar-refractivity contribution in [2.75, 3.05) is 0 Å². The van der Waals surface area contributed by atoms with E-state index < -0.39 is 0 Å². The van der Waals surface area contributed by atoms with Gasteiger partial charge in [0.15, 0.2) is 5.65 Å². The molecule has 1 aromatic carbocycles. The molecule has 0 saturated carbocycles. The quantitative estimate of drug-likeness (QED) is 0.424. The molecule has 8 nitrogen and oxygen atoms in total. The number of nitriles is 1. The molecule has 0 aliphatic carbocycles. The van der Waals surface area contributed by atoms with E-state index in [4.69, 9.17) is 16.9 Å². The van der Waals surface area contributed by atoms with E-state index in [2.05, 4.69) is 20.2 Å². The summed E-state index contributed by atoms with van der Waals surface area (Å²) < 4.78 is 2.59. The summed E-state index contributed by atoms with van der Waals surface area (Å²) in [6, 6.07) is 16.5. The highest BCUT2D eigenvalue weighted by Crippen LogP contribution is 2.34. The third-order valence-electron chi connectivity index (χ3n) is 5.00. The van der Waals surface area contributed by atoms with E-state index in [1.807, 2.05) is 30.3 Å². The number of fused-ring (bicyclic) bond motifs is 1. The predicted molar refractivity (Wildman–Crippen MR) is 119 cm³/mol. The first-order chi connectivity index (χ1) is 15.6. The third kappa shape index (κ3) is 3.51. The lowest BCUT2D eigenvalue weighted by atomic mass is 9.98. The minimum atomic E-state index is -0.385. The summed E-state index contributed by atoms with van der Waals surface area (Å²) in [5.41, 5.74) is 4.41. The van der Waals surface area contributed by atoms with E-state index >= 15 is 0 Å². The summed E-state index contributed by atoms with van der Waals surface area (Å²) in [7, 11) is 0. The zero-order chi connectivity index (χ0) is 22.1. The normalized spacial score (nSPS) is 10.9. The van der Waals surface area contributed by atoms with Gasteiger partial charge in [0, 0.05) is 34.7 Å². The second-order valence-corrected chi connectivity index (χ2v) is 7.44. The van der Waals surface area contributed by atoms with Gasteiger partial charge in [-0.15, -0.1) is 5.10 Å². The van der Waals surface area contributed by atoms with Gasteiger partial charge >= 0.3 is 5.69 Å². The van der Waals surface area contributed by atoms with Crippen LogP contribution in [0.15, 0.2) is 78.1 Å². The summed E-state index contributed by atoms with van der Waals surface area (Å²) >= 11 is 6.06. The third-order valence-corrected chi connectivity index (χ3v) is 5.26. The van der Waals surface area contributed by atoms with Crippen LogP contribution in [0.3, 0.4) is 0 Å². The van der Waals surface area contributed by atoms with Gasteiger partial charge < -0.3 is 0 Å². The summed E-state index contributed by atoms with van der Waals surface area (Å²) in [4.78, 5) is 21.4. The molecule has 0 amide bonds. The minimum Gasteiger partial charge on any atom is -0.265 e. The van der Waals surface area contributed by atoms with Crippen LogP contribution in [0.25, 0.3) is 27.9 Å². The Kier molecular flexibility index (Phi) is 4.94. The summed E-state index contributed by atoms with van der Waals surface area (Å²) in [5, 5.41) is 18.5. The molecule has 0 N–H and O–H groups in total. The van der Waals surface area contributed by atoms with Gasteiger partial charge in [-0.05, 0) is 47.5 Å². The van der Waals surface area contributed by atoms with Gasteiger partial charge in [-0.3, -0.25) is 9.97 Å². The van der Waals surface area contributed by atoms with Gasteiger partial charge in [0.05, 0.1) is 24.0 Å². The number of hydrogen-bond donors (Lipinski definition) is 0. The topological polar surface area (TPSA) is 102 Å². The lowest BCUT2D eigenvalue weighted by Gasteiger charge is -2.10. The van der Waals surface area contributed by atoms with Gasteiger partial charge in [0.2, 0.25) is 0 Å². The SMILES string of the molecule is N#Cc1ccc(Cn2nc3c(-c4ccncc4)c(-c4ccc(Cl)cc4)cnn3c2=O)nc1. The molecule has 4 heterocycles. The average molecular weight is 440 g/mol. The molecule has 0 radical (unpaired) electrons. The lowest BCUT2D eigenvalue weighted by Crippen LogP contribution is -2.23. The standard InChI is InChI=1S/C23H14ClN7O/c24-18-4-2-16(3-5-18)20-13-28-31-22(21(20)17-7-9-26-10-8-17)29-30(23(31)32)14-19-6-1-15(11-25)12-27-19/h1-10,12-13H,14H2. The van der Waals surface area contributed by atoms with Crippen LogP contribution in [0.5, 0.6) is 0 Å². The van der Waals surface area contributed by atoms with Crippen molar-refractivity contribution in [1.29, 1.82) is 5.26 Å².